The molecule has 94 valence electrons. The molecule has 1 aliphatic rings. The van der Waals surface area contributed by atoms with E-state index >= 15 is 0 Å². The Balaban J connectivity index is 2.01. The van der Waals surface area contributed by atoms with Gasteiger partial charge in [-0.3, -0.25) is 0 Å². The topological polar surface area (TPSA) is 21.3 Å². The van der Waals surface area contributed by atoms with Gasteiger partial charge in [0.05, 0.1) is 6.61 Å². The van der Waals surface area contributed by atoms with Crippen molar-refractivity contribution in [1.29, 1.82) is 0 Å². The highest BCUT2D eigenvalue weighted by atomic mass is 16.5. The van der Waals surface area contributed by atoms with Crippen molar-refractivity contribution in [3.63, 3.8) is 0 Å². The largest absolute Gasteiger partial charge is 0.383 e. The first-order valence-electron chi connectivity index (χ1n) is 6.55. The van der Waals surface area contributed by atoms with Gasteiger partial charge in [-0.1, -0.05) is 37.3 Å². The van der Waals surface area contributed by atoms with E-state index in [0.29, 0.717) is 5.41 Å². The molecule has 0 aromatic heterocycles. The molecule has 2 rings (SSSR count). The van der Waals surface area contributed by atoms with Crippen LogP contribution in [0.15, 0.2) is 30.3 Å². The maximum atomic E-state index is 5.08. The van der Waals surface area contributed by atoms with E-state index in [2.05, 4.69) is 42.6 Å². The van der Waals surface area contributed by atoms with E-state index in [1.54, 1.807) is 7.11 Å². The SMILES string of the molecule is COCCNCC1(c2ccccc2)CCC1C. The van der Waals surface area contributed by atoms with E-state index in [1.807, 2.05) is 0 Å². The summed E-state index contributed by atoms with van der Waals surface area (Å²) >= 11 is 0. The summed E-state index contributed by atoms with van der Waals surface area (Å²) in [6.45, 7) is 5.17. The average Bonchev–Trinajstić information content (AvgIpc) is 2.38. The van der Waals surface area contributed by atoms with E-state index in [4.69, 9.17) is 4.74 Å². The van der Waals surface area contributed by atoms with Crippen LogP contribution in [0.3, 0.4) is 0 Å². The van der Waals surface area contributed by atoms with Gasteiger partial charge < -0.3 is 10.1 Å². The molecule has 1 aliphatic carbocycles. The summed E-state index contributed by atoms with van der Waals surface area (Å²) in [5.41, 5.74) is 1.85. The molecule has 2 nitrogen and oxygen atoms in total. The molecule has 0 spiro atoms. The minimum absolute atomic E-state index is 0.356. The third kappa shape index (κ3) is 2.53. The summed E-state index contributed by atoms with van der Waals surface area (Å²) in [6.07, 6.45) is 2.65. The Morgan fingerprint density at radius 3 is 2.65 bits per heavy atom. The summed E-state index contributed by atoms with van der Waals surface area (Å²) in [5.74, 6) is 0.778. The first-order chi connectivity index (χ1) is 8.29. The summed E-state index contributed by atoms with van der Waals surface area (Å²) < 4.78 is 5.08. The summed E-state index contributed by atoms with van der Waals surface area (Å²) in [5, 5.41) is 3.53. The lowest BCUT2D eigenvalue weighted by Gasteiger charge is -2.49. The second-order valence-corrected chi connectivity index (χ2v) is 5.13. The van der Waals surface area contributed by atoms with Gasteiger partial charge in [0.1, 0.15) is 0 Å². The molecule has 17 heavy (non-hydrogen) atoms. The number of methoxy groups -OCH3 is 1. The Morgan fingerprint density at radius 2 is 2.12 bits per heavy atom. The van der Waals surface area contributed by atoms with Crippen molar-refractivity contribution < 1.29 is 4.74 Å². The molecule has 0 saturated heterocycles. The highest BCUT2D eigenvalue weighted by molar-refractivity contribution is 5.30. The van der Waals surface area contributed by atoms with Gasteiger partial charge in [0, 0.05) is 25.6 Å². The van der Waals surface area contributed by atoms with E-state index in [0.717, 1.165) is 25.6 Å². The molecule has 0 heterocycles. The monoisotopic (exact) mass is 233 g/mol. The number of benzene rings is 1. The Kier molecular flexibility index (Phi) is 4.19. The van der Waals surface area contributed by atoms with Crippen LogP contribution in [0.1, 0.15) is 25.3 Å². The summed E-state index contributed by atoms with van der Waals surface area (Å²) in [7, 11) is 1.75. The normalized spacial score (nSPS) is 27.8. The van der Waals surface area contributed by atoms with Crippen molar-refractivity contribution in [2.45, 2.75) is 25.2 Å². The van der Waals surface area contributed by atoms with Gasteiger partial charge in [-0.15, -0.1) is 0 Å². The van der Waals surface area contributed by atoms with Gasteiger partial charge in [-0.25, -0.2) is 0 Å². The van der Waals surface area contributed by atoms with Crippen LogP contribution < -0.4 is 5.32 Å². The van der Waals surface area contributed by atoms with Gasteiger partial charge in [0.15, 0.2) is 0 Å². The quantitative estimate of drug-likeness (QED) is 0.763. The zero-order chi connectivity index (χ0) is 12.1. The molecule has 2 unspecified atom stereocenters. The molecule has 0 amide bonds. The van der Waals surface area contributed by atoms with Crippen molar-refractivity contribution in [1.82, 2.24) is 5.32 Å². The highest BCUT2D eigenvalue weighted by Crippen LogP contribution is 2.48. The van der Waals surface area contributed by atoms with Crippen molar-refractivity contribution in [3.05, 3.63) is 35.9 Å². The molecular formula is C15H23NO. The molecule has 2 atom stereocenters. The molecule has 1 N–H and O–H groups in total. The van der Waals surface area contributed by atoms with Gasteiger partial charge in [0.2, 0.25) is 0 Å². The van der Waals surface area contributed by atoms with Crippen LogP contribution in [0, 0.1) is 5.92 Å². The van der Waals surface area contributed by atoms with E-state index in [-0.39, 0.29) is 0 Å². The molecular weight excluding hydrogens is 210 g/mol. The van der Waals surface area contributed by atoms with Crippen LogP contribution in [-0.4, -0.2) is 26.8 Å². The lowest BCUT2D eigenvalue weighted by atomic mass is 9.57. The van der Waals surface area contributed by atoms with Crippen molar-refractivity contribution in [3.8, 4) is 0 Å². The number of hydrogen-bond acceptors (Lipinski definition) is 2. The van der Waals surface area contributed by atoms with Gasteiger partial charge in [-0.05, 0) is 24.3 Å². The predicted molar refractivity (Wildman–Crippen MR) is 71.3 cm³/mol. The maximum Gasteiger partial charge on any atom is 0.0587 e. The zero-order valence-corrected chi connectivity index (χ0v) is 10.9. The molecule has 0 radical (unpaired) electrons. The molecule has 1 aromatic rings. The highest BCUT2D eigenvalue weighted by Gasteiger charge is 2.44. The van der Waals surface area contributed by atoms with Crippen LogP contribution in [0.2, 0.25) is 0 Å². The molecule has 1 aromatic carbocycles. The molecule has 2 heteroatoms. The number of rotatable bonds is 6. The van der Waals surface area contributed by atoms with E-state index in [1.165, 1.54) is 18.4 Å². The van der Waals surface area contributed by atoms with Crippen molar-refractivity contribution in [2.24, 2.45) is 5.92 Å². The molecule has 1 fully saturated rings. The Hall–Kier alpha value is -0.860. The second kappa shape index (κ2) is 5.65. The lowest BCUT2D eigenvalue weighted by Crippen LogP contribution is -2.50. The molecule has 0 aliphatic heterocycles. The fraction of sp³-hybridized carbons (Fsp3) is 0.600. The standard InChI is InChI=1S/C15H23NO/c1-13-8-9-15(13,12-16-10-11-17-2)14-6-4-3-5-7-14/h3-7,13,16H,8-12H2,1-2H3. The number of nitrogens with one attached hydrogen (secondary N) is 1. The second-order valence-electron chi connectivity index (χ2n) is 5.13. The average molecular weight is 233 g/mol. The maximum absolute atomic E-state index is 5.08. The third-order valence-electron chi connectivity index (χ3n) is 4.24. The van der Waals surface area contributed by atoms with E-state index < -0.39 is 0 Å². The number of ether oxygens (including phenoxy) is 1. The van der Waals surface area contributed by atoms with Crippen LogP contribution in [0.4, 0.5) is 0 Å². The van der Waals surface area contributed by atoms with Gasteiger partial charge in [-0.2, -0.15) is 0 Å². The fourth-order valence-corrected chi connectivity index (χ4v) is 2.83. The van der Waals surface area contributed by atoms with Crippen LogP contribution in [0.25, 0.3) is 0 Å². The summed E-state index contributed by atoms with van der Waals surface area (Å²) in [6, 6.07) is 10.9. The number of hydrogen-bond donors (Lipinski definition) is 1. The summed E-state index contributed by atoms with van der Waals surface area (Å²) in [4.78, 5) is 0. The fourth-order valence-electron chi connectivity index (χ4n) is 2.83. The smallest absolute Gasteiger partial charge is 0.0587 e. The first-order valence-corrected chi connectivity index (χ1v) is 6.55. The lowest BCUT2D eigenvalue weighted by molar-refractivity contribution is 0.127. The van der Waals surface area contributed by atoms with Crippen molar-refractivity contribution >= 4 is 0 Å². The third-order valence-corrected chi connectivity index (χ3v) is 4.24. The van der Waals surface area contributed by atoms with E-state index in [9.17, 15) is 0 Å². The Morgan fingerprint density at radius 1 is 1.35 bits per heavy atom. The van der Waals surface area contributed by atoms with Crippen LogP contribution >= 0.6 is 0 Å². The molecule has 0 bridgehead atoms. The molecule has 1 saturated carbocycles. The van der Waals surface area contributed by atoms with Crippen LogP contribution in [0.5, 0.6) is 0 Å². The zero-order valence-electron chi connectivity index (χ0n) is 10.9. The predicted octanol–water partition coefficient (Wildman–Crippen LogP) is 2.59. The Labute approximate surface area is 104 Å². The van der Waals surface area contributed by atoms with Gasteiger partial charge in [0.25, 0.3) is 0 Å². The van der Waals surface area contributed by atoms with Crippen molar-refractivity contribution in [2.75, 3.05) is 26.8 Å². The first kappa shape index (κ1) is 12.6. The minimum Gasteiger partial charge on any atom is -0.383 e. The van der Waals surface area contributed by atoms with Crippen LogP contribution in [-0.2, 0) is 10.2 Å². The minimum atomic E-state index is 0.356. The van der Waals surface area contributed by atoms with Gasteiger partial charge >= 0.3 is 0 Å². The Bertz CT molecular complexity index is 338.